The zero-order chi connectivity index (χ0) is 15.5. The van der Waals surface area contributed by atoms with E-state index in [4.69, 9.17) is 0 Å². The van der Waals surface area contributed by atoms with Crippen molar-refractivity contribution in [1.82, 2.24) is 9.55 Å². The number of halogens is 1. The monoisotopic (exact) mass is 357 g/mol. The molecule has 0 aliphatic heterocycles. The molecule has 5 nitrogen and oxygen atoms in total. The van der Waals surface area contributed by atoms with Gasteiger partial charge in [-0.3, -0.25) is 10.1 Å². The van der Waals surface area contributed by atoms with Crippen LogP contribution in [0.3, 0.4) is 0 Å². The lowest BCUT2D eigenvalue weighted by atomic mass is 10.2. The molecule has 0 bridgehead atoms. The molecule has 3 aromatic rings. The quantitative estimate of drug-likeness (QED) is 0.517. The van der Waals surface area contributed by atoms with E-state index < -0.39 is 4.92 Å². The number of rotatable bonds is 4. The van der Waals surface area contributed by atoms with Crippen LogP contribution in [0.1, 0.15) is 5.56 Å². The van der Waals surface area contributed by atoms with Gasteiger partial charge in [-0.1, -0.05) is 40.2 Å². The van der Waals surface area contributed by atoms with Crippen molar-refractivity contribution in [2.45, 2.75) is 6.54 Å². The van der Waals surface area contributed by atoms with E-state index in [-0.39, 0.29) is 5.69 Å². The van der Waals surface area contributed by atoms with E-state index >= 15 is 0 Å². The molecule has 0 saturated heterocycles. The van der Waals surface area contributed by atoms with Gasteiger partial charge in [0.25, 0.3) is 5.69 Å². The van der Waals surface area contributed by atoms with Crippen molar-refractivity contribution in [3.8, 4) is 11.4 Å². The third kappa shape index (κ3) is 3.07. The molecule has 1 aromatic heterocycles. The minimum atomic E-state index is -0.395. The Hall–Kier alpha value is -2.47. The maximum atomic E-state index is 10.7. The zero-order valence-electron chi connectivity index (χ0n) is 11.5. The molecule has 0 saturated carbocycles. The fourth-order valence-corrected chi connectivity index (χ4v) is 2.48. The van der Waals surface area contributed by atoms with Gasteiger partial charge < -0.3 is 4.57 Å². The molecule has 2 aromatic carbocycles. The normalized spacial score (nSPS) is 10.6. The number of benzene rings is 2. The summed E-state index contributed by atoms with van der Waals surface area (Å²) in [5, 5.41) is 10.7. The summed E-state index contributed by atoms with van der Waals surface area (Å²) >= 11 is 3.42. The molecule has 0 amide bonds. The van der Waals surface area contributed by atoms with E-state index in [1.165, 1.54) is 12.1 Å². The van der Waals surface area contributed by atoms with Crippen molar-refractivity contribution in [3.05, 3.63) is 81.1 Å². The van der Waals surface area contributed by atoms with Crippen molar-refractivity contribution in [2.75, 3.05) is 0 Å². The number of non-ortho nitro benzene ring substituents is 1. The summed E-state index contributed by atoms with van der Waals surface area (Å²) in [6.07, 6.45) is 3.65. The first-order valence-corrected chi connectivity index (χ1v) is 7.43. The summed E-state index contributed by atoms with van der Waals surface area (Å²) in [5.41, 5.74) is 2.11. The van der Waals surface area contributed by atoms with Crippen LogP contribution in [0, 0.1) is 10.1 Å². The molecule has 0 atom stereocenters. The molecule has 3 rings (SSSR count). The Morgan fingerprint density at radius 2 is 1.77 bits per heavy atom. The molecule has 6 heteroatoms. The second-order valence-electron chi connectivity index (χ2n) is 4.81. The standard InChI is InChI=1S/C16H12BrN3O2/c17-14-5-3-13(4-6-14)16-18-9-10-19(16)11-12-1-7-15(8-2-12)20(21)22/h1-10H,11H2. The van der Waals surface area contributed by atoms with Crippen molar-refractivity contribution >= 4 is 21.6 Å². The summed E-state index contributed by atoms with van der Waals surface area (Å²) in [6.45, 7) is 0.614. The number of nitrogens with zero attached hydrogens (tertiary/aromatic N) is 3. The predicted molar refractivity (Wildman–Crippen MR) is 87.6 cm³/mol. The molecule has 0 N–H and O–H groups in total. The lowest BCUT2D eigenvalue weighted by Crippen LogP contribution is -2.01. The van der Waals surface area contributed by atoms with Gasteiger partial charge in [-0.15, -0.1) is 0 Å². The molecule has 0 aliphatic rings. The van der Waals surface area contributed by atoms with Gasteiger partial charge in [0.05, 0.1) is 4.92 Å². The van der Waals surface area contributed by atoms with Crippen LogP contribution in [0.25, 0.3) is 11.4 Å². The molecule has 0 spiro atoms. The van der Waals surface area contributed by atoms with Crippen molar-refractivity contribution < 1.29 is 4.92 Å². The van der Waals surface area contributed by atoms with Gasteiger partial charge >= 0.3 is 0 Å². The van der Waals surface area contributed by atoms with E-state index in [1.807, 2.05) is 35.0 Å². The topological polar surface area (TPSA) is 61.0 Å². The number of hydrogen-bond acceptors (Lipinski definition) is 3. The third-order valence-electron chi connectivity index (χ3n) is 3.32. The molecular formula is C16H12BrN3O2. The Morgan fingerprint density at radius 1 is 1.09 bits per heavy atom. The van der Waals surface area contributed by atoms with E-state index in [9.17, 15) is 10.1 Å². The highest BCUT2D eigenvalue weighted by Crippen LogP contribution is 2.21. The Bertz CT molecular complexity index is 795. The maximum Gasteiger partial charge on any atom is 0.269 e. The molecule has 0 radical (unpaired) electrons. The summed E-state index contributed by atoms with van der Waals surface area (Å²) < 4.78 is 3.04. The van der Waals surface area contributed by atoms with Crippen LogP contribution >= 0.6 is 15.9 Å². The molecule has 0 unspecified atom stereocenters. The van der Waals surface area contributed by atoms with E-state index in [2.05, 4.69) is 20.9 Å². The van der Waals surface area contributed by atoms with Gasteiger partial charge in [0.15, 0.2) is 0 Å². The summed E-state index contributed by atoms with van der Waals surface area (Å²) in [5.74, 6) is 0.867. The summed E-state index contributed by atoms with van der Waals surface area (Å²) in [7, 11) is 0. The summed E-state index contributed by atoms with van der Waals surface area (Å²) in [6, 6.07) is 14.5. The minimum Gasteiger partial charge on any atom is -0.327 e. The molecule has 0 aliphatic carbocycles. The van der Waals surface area contributed by atoms with Gasteiger partial charge in [0.1, 0.15) is 5.82 Å². The van der Waals surface area contributed by atoms with Crippen LogP contribution in [0.15, 0.2) is 65.4 Å². The average molecular weight is 358 g/mol. The van der Waals surface area contributed by atoms with Gasteiger partial charge in [0.2, 0.25) is 0 Å². The third-order valence-corrected chi connectivity index (χ3v) is 3.85. The van der Waals surface area contributed by atoms with E-state index in [1.54, 1.807) is 18.3 Å². The van der Waals surface area contributed by atoms with E-state index in [0.29, 0.717) is 6.54 Å². The van der Waals surface area contributed by atoms with Crippen LogP contribution in [0.5, 0.6) is 0 Å². The van der Waals surface area contributed by atoms with Crippen LogP contribution < -0.4 is 0 Å². The molecular weight excluding hydrogens is 346 g/mol. The molecule has 1 heterocycles. The van der Waals surface area contributed by atoms with Gasteiger partial charge in [0, 0.05) is 41.1 Å². The Morgan fingerprint density at radius 3 is 2.41 bits per heavy atom. The zero-order valence-corrected chi connectivity index (χ0v) is 13.1. The molecule has 110 valence electrons. The number of nitro benzene ring substituents is 1. The second kappa shape index (κ2) is 6.11. The highest BCUT2D eigenvalue weighted by Gasteiger charge is 2.08. The highest BCUT2D eigenvalue weighted by atomic mass is 79.9. The number of nitro groups is 1. The largest absolute Gasteiger partial charge is 0.327 e. The Balaban J connectivity index is 1.86. The fraction of sp³-hybridized carbons (Fsp3) is 0.0625. The lowest BCUT2D eigenvalue weighted by Gasteiger charge is -2.08. The SMILES string of the molecule is O=[N+]([O-])c1ccc(Cn2ccnc2-c2ccc(Br)cc2)cc1. The number of imidazole rings is 1. The van der Waals surface area contributed by atoms with Crippen LogP contribution in [-0.2, 0) is 6.54 Å². The molecule has 22 heavy (non-hydrogen) atoms. The van der Waals surface area contributed by atoms with Crippen LogP contribution in [0.4, 0.5) is 5.69 Å². The smallest absolute Gasteiger partial charge is 0.269 e. The first-order valence-electron chi connectivity index (χ1n) is 6.64. The van der Waals surface area contributed by atoms with Gasteiger partial charge in [-0.25, -0.2) is 4.98 Å². The fourth-order valence-electron chi connectivity index (χ4n) is 2.22. The van der Waals surface area contributed by atoms with Crippen LogP contribution in [-0.4, -0.2) is 14.5 Å². The van der Waals surface area contributed by atoms with Crippen molar-refractivity contribution in [2.24, 2.45) is 0 Å². The Labute approximate surface area is 135 Å². The summed E-state index contributed by atoms with van der Waals surface area (Å²) in [4.78, 5) is 14.7. The second-order valence-corrected chi connectivity index (χ2v) is 5.72. The lowest BCUT2D eigenvalue weighted by molar-refractivity contribution is -0.384. The van der Waals surface area contributed by atoms with E-state index in [0.717, 1.165) is 21.4 Å². The first kappa shape index (κ1) is 14.5. The molecule has 0 fully saturated rings. The number of aromatic nitrogens is 2. The average Bonchev–Trinajstić information content (AvgIpc) is 2.97. The Kier molecular flexibility index (Phi) is 4.02. The minimum absolute atomic E-state index is 0.0996. The maximum absolute atomic E-state index is 10.7. The predicted octanol–water partition coefficient (Wildman–Crippen LogP) is 4.27. The van der Waals surface area contributed by atoms with Crippen molar-refractivity contribution in [3.63, 3.8) is 0 Å². The van der Waals surface area contributed by atoms with Gasteiger partial charge in [-0.05, 0) is 17.7 Å². The van der Waals surface area contributed by atoms with Gasteiger partial charge in [-0.2, -0.15) is 0 Å². The highest BCUT2D eigenvalue weighted by molar-refractivity contribution is 9.10. The van der Waals surface area contributed by atoms with Crippen LogP contribution in [0.2, 0.25) is 0 Å². The first-order chi connectivity index (χ1) is 10.6. The number of hydrogen-bond donors (Lipinski definition) is 0. The van der Waals surface area contributed by atoms with Crippen molar-refractivity contribution in [1.29, 1.82) is 0 Å².